The van der Waals surface area contributed by atoms with Crippen molar-refractivity contribution in [1.82, 2.24) is 4.90 Å². The minimum absolute atomic E-state index is 0. The summed E-state index contributed by atoms with van der Waals surface area (Å²) in [6.07, 6.45) is 0.506. The van der Waals surface area contributed by atoms with Crippen LogP contribution in [0, 0.1) is 0 Å². The molecule has 2 aromatic carbocycles. The van der Waals surface area contributed by atoms with Crippen LogP contribution in [0.4, 0.5) is 0 Å². The Hall–Kier alpha value is -1.88. The molecule has 134 valence electrons. The molecule has 1 saturated heterocycles. The van der Waals surface area contributed by atoms with Crippen molar-refractivity contribution in [1.29, 1.82) is 0 Å². The number of carbonyl (C=O) groups is 1. The molecule has 0 spiro atoms. The number of morpholine rings is 1. The first-order chi connectivity index (χ1) is 11.8. The van der Waals surface area contributed by atoms with E-state index in [-0.39, 0.29) is 18.2 Å². The molecule has 0 unspecified atom stereocenters. The highest BCUT2D eigenvalue weighted by atomic mass is 35.5. The topological polar surface area (TPSA) is 38.8 Å². The average molecular weight is 362 g/mol. The van der Waals surface area contributed by atoms with Gasteiger partial charge in [0.15, 0.2) is 5.78 Å². The third-order valence-corrected chi connectivity index (χ3v) is 4.18. The largest absolute Gasteiger partial charge is 0.488 e. The van der Waals surface area contributed by atoms with Gasteiger partial charge in [-0.1, -0.05) is 42.5 Å². The lowest BCUT2D eigenvalue weighted by Crippen LogP contribution is -2.37. The first-order valence-electron chi connectivity index (χ1n) is 8.42. The molecule has 0 N–H and O–H groups in total. The Morgan fingerprint density at radius 1 is 1.00 bits per heavy atom. The highest BCUT2D eigenvalue weighted by Gasteiger charge is 2.15. The van der Waals surface area contributed by atoms with E-state index in [4.69, 9.17) is 9.47 Å². The predicted molar refractivity (Wildman–Crippen MR) is 101 cm³/mol. The van der Waals surface area contributed by atoms with Crippen molar-refractivity contribution in [3.8, 4) is 5.75 Å². The van der Waals surface area contributed by atoms with Crippen LogP contribution in [-0.2, 0) is 11.3 Å². The zero-order valence-corrected chi connectivity index (χ0v) is 15.0. The molecule has 2 aromatic rings. The van der Waals surface area contributed by atoms with Gasteiger partial charge in [0.1, 0.15) is 12.4 Å². The van der Waals surface area contributed by atoms with Crippen molar-refractivity contribution in [2.24, 2.45) is 0 Å². The van der Waals surface area contributed by atoms with Gasteiger partial charge in [-0.05, 0) is 17.7 Å². The van der Waals surface area contributed by atoms with E-state index in [0.29, 0.717) is 24.3 Å². The molecule has 4 nitrogen and oxygen atoms in total. The van der Waals surface area contributed by atoms with Gasteiger partial charge in [-0.3, -0.25) is 9.69 Å². The van der Waals surface area contributed by atoms with E-state index in [0.717, 1.165) is 38.4 Å². The van der Waals surface area contributed by atoms with Gasteiger partial charge in [0.25, 0.3) is 0 Å². The van der Waals surface area contributed by atoms with Crippen LogP contribution in [0.25, 0.3) is 0 Å². The van der Waals surface area contributed by atoms with Gasteiger partial charge in [-0.15, -0.1) is 12.4 Å². The molecular weight excluding hydrogens is 338 g/mol. The Balaban J connectivity index is 0.00000225. The van der Waals surface area contributed by atoms with Gasteiger partial charge in [0, 0.05) is 26.1 Å². The van der Waals surface area contributed by atoms with Gasteiger partial charge in [0.05, 0.1) is 18.8 Å². The van der Waals surface area contributed by atoms with E-state index in [1.165, 1.54) is 0 Å². The molecule has 0 aromatic heterocycles. The van der Waals surface area contributed by atoms with E-state index in [2.05, 4.69) is 4.90 Å². The van der Waals surface area contributed by atoms with Crippen LogP contribution in [0.15, 0.2) is 54.6 Å². The second kappa shape index (κ2) is 10.2. The molecule has 0 radical (unpaired) electrons. The summed E-state index contributed by atoms with van der Waals surface area (Å²) in [6, 6.07) is 17.5. The molecule has 0 aliphatic carbocycles. The Labute approximate surface area is 155 Å². The SMILES string of the molecule is Cl.O=C(CCN1CCOCC1)c1ccccc1OCc1ccccc1. The molecule has 0 saturated carbocycles. The van der Waals surface area contributed by atoms with E-state index in [1.54, 1.807) is 0 Å². The monoisotopic (exact) mass is 361 g/mol. The summed E-state index contributed by atoms with van der Waals surface area (Å²) in [5, 5.41) is 0. The van der Waals surface area contributed by atoms with Gasteiger partial charge >= 0.3 is 0 Å². The molecule has 0 atom stereocenters. The lowest BCUT2D eigenvalue weighted by molar-refractivity contribution is 0.0370. The van der Waals surface area contributed by atoms with E-state index in [1.807, 2.05) is 54.6 Å². The van der Waals surface area contributed by atoms with Crippen LogP contribution in [0.5, 0.6) is 5.75 Å². The molecule has 1 aliphatic heterocycles. The van der Waals surface area contributed by atoms with Crippen LogP contribution in [0.2, 0.25) is 0 Å². The van der Waals surface area contributed by atoms with Crippen molar-refractivity contribution in [3.05, 3.63) is 65.7 Å². The van der Waals surface area contributed by atoms with E-state index >= 15 is 0 Å². The predicted octanol–water partition coefficient (Wildman–Crippen LogP) is 3.59. The number of para-hydroxylation sites is 1. The fraction of sp³-hybridized carbons (Fsp3) is 0.350. The van der Waals surface area contributed by atoms with Crippen molar-refractivity contribution in [2.75, 3.05) is 32.8 Å². The second-order valence-electron chi connectivity index (χ2n) is 5.90. The third-order valence-electron chi connectivity index (χ3n) is 4.18. The number of ether oxygens (including phenoxy) is 2. The summed E-state index contributed by atoms with van der Waals surface area (Å²) in [7, 11) is 0. The Morgan fingerprint density at radius 2 is 1.68 bits per heavy atom. The molecule has 1 aliphatic rings. The average Bonchev–Trinajstić information content (AvgIpc) is 2.66. The first-order valence-corrected chi connectivity index (χ1v) is 8.42. The van der Waals surface area contributed by atoms with Gasteiger partial charge < -0.3 is 9.47 Å². The minimum Gasteiger partial charge on any atom is -0.488 e. The fourth-order valence-electron chi connectivity index (χ4n) is 2.78. The maximum absolute atomic E-state index is 12.6. The minimum atomic E-state index is 0. The molecule has 1 fully saturated rings. The lowest BCUT2D eigenvalue weighted by Gasteiger charge is -2.26. The van der Waals surface area contributed by atoms with Crippen LogP contribution in [0.3, 0.4) is 0 Å². The molecular formula is C20H24ClNO3. The normalized spacial score (nSPS) is 14.6. The van der Waals surface area contributed by atoms with Gasteiger partial charge in [0.2, 0.25) is 0 Å². The lowest BCUT2D eigenvalue weighted by atomic mass is 10.1. The number of hydrogen-bond acceptors (Lipinski definition) is 4. The van der Waals surface area contributed by atoms with Crippen LogP contribution in [0.1, 0.15) is 22.3 Å². The van der Waals surface area contributed by atoms with Crippen molar-refractivity contribution >= 4 is 18.2 Å². The van der Waals surface area contributed by atoms with Crippen LogP contribution in [-0.4, -0.2) is 43.5 Å². The highest BCUT2D eigenvalue weighted by Crippen LogP contribution is 2.21. The number of rotatable bonds is 7. The molecule has 0 bridgehead atoms. The maximum atomic E-state index is 12.6. The van der Waals surface area contributed by atoms with Crippen molar-refractivity contribution < 1.29 is 14.3 Å². The molecule has 0 amide bonds. The molecule has 1 heterocycles. The summed E-state index contributed by atoms with van der Waals surface area (Å²) >= 11 is 0. The summed E-state index contributed by atoms with van der Waals surface area (Å²) in [4.78, 5) is 14.9. The van der Waals surface area contributed by atoms with Crippen molar-refractivity contribution in [3.63, 3.8) is 0 Å². The molecule has 5 heteroatoms. The number of Topliss-reactive ketones (excluding diaryl/α,β-unsaturated/α-hetero) is 1. The second-order valence-corrected chi connectivity index (χ2v) is 5.90. The smallest absolute Gasteiger partial charge is 0.167 e. The summed E-state index contributed by atoms with van der Waals surface area (Å²) < 4.78 is 11.2. The Kier molecular flexibility index (Phi) is 7.92. The summed E-state index contributed by atoms with van der Waals surface area (Å²) in [5.74, 6) is 0.790. The number of ketones is 1. The van der Waals surface area contributed by atoms with Crippen LogP contribution >= 0.6 is 12.4 Å². The van der Waals surface area contributed by atoms with Gasteiger partial charge in [-0.25, -0.2) is 0 Å². The Morgan fingerprint density at radius 3 is 2.44 bits per heavy atom. The maximum Gasteiger partial charge on any atom is 0.167 e. The van der Waals surface area contributed by atoms with Gasteiger partial charge in [-0.2, -0.15) is 0 Å². The molecule has 3 rings (SSSR count). The number of nitrogens with zero attached hydrogens (tertiary/aromatic N) is 1. The van der Waals surface area contributed by atoms with E-state index in [9.17, 15) is 4.79 Å². The van der Waals surface area contributed by atoms with Crippen molar-refractivity contribution in [2.45, 2.75) is 13.0 Å². The standard InChI is InChI=1S/C20H23NO3.ClH/c22-19(10-11-21-12-14-23-15-13-21)18-8-4-5-9-20(18)24-16-17-6-2-1-3-7-17;/h1-9H,10-16H2;1H. The fourth-order valence-corrected chi connectivity index (χ4v) is 2.78. The highest BCUT2D eigenvalue weighted by molar-refractivity contribution is 5.98. The number of benzene rings is 2. The zero-order valence-electron chi connectivity index (χ0n) is 14.2. The number of carbonyl (C=O) groups excluding carboxylic acids is 1. The molecule has 25 heavy (non-hydrogen) atoms. The third kappa shape index (κ3) is 5.85. The van der Waals surface area contributed by atoms with E-state index < -0.39 is 0 Å². The quantitative estimate of drug-likeness (QED) is 0.706. The number of hydrogen-bond donors (Lipinski definition) is 0. The number of halogens is 1. The summed E-state index contributed by atoms with van der Waals surface area (Å²) in [6.45, 7) is 4.55. The Bertz CT molecular complexity index is 657. The van der Waals surface area contributed by atoms with Crippen LogP contribution < -0.4 is 4.74 Å². The first kappa shape index (κ1) is 19.4. The zero-order chi connectivity index (χ0) is 16.6. The summed E-state index contributed by atoms with van der Waals surface area (Å²) in [5.41, 5.74) is 1.76.